The van der Waals surface area contributed by atoms with Gasteiger partial charge in [-0.15, -0.1) is 0 Å². The summed E-state index contributed by atoms with van der Waals surface area (Å²) in [4.78, 5) is 37.6. The van der Waals surface area contributed by atoms with Gasteiger partial charge in [0.05, 0.1) is 11.3 Å². The Morgan fingerprint density at radius 1 is 1.11 bits per heavy atom. The van der Waals surface area contributed by atoms with Crippen LogP contribution in [0.4, 0.5) is 0 Å². The topological polar surface area (TPSA) is 70.8 Å². The summed E-state index contributed by atoms with van der Waals surface area (Å²) in [5.41, 5.74) is 2.86. The standard InChI is InChI=1S/C20H21N5O2/c1-15-5-6-16(13-21-15)20(27)24-10-8-23(9-11-24)14-17-12-19(26)25-7-3-2-4-18(25)22-17/h2-7,12-13H,8-11,14H2,1H3. The number of aromatic nitrogens is 3. The Kier molecular flexibility index (Phi) is 4.68. The van der Waals surface area contributed by atoms with E-state index >= 15 is 0 Å². The maximum absolute atomic E-state index is 12.6. The van der Waals surface area contributed by atoms with Gasteiger partial charge in [0.15, 0.2) is 0 Å². The zero-order chi connectivity index (χ0) is 18.8. The van der Waals surface area contributed by atoms with Gasteiger partial charge >= 0.3 is 0 Å². The van der Waals surface area contributed by atoms with E-state index in [1.165, 1.54) is 4.40 Å². The van der Waals surface area contributed by atoms with E-state index < -0.39 is 0 Å². The third-order valence-corrected chi connectivity index (χ3v) is 4.83. The molecule has 0 atom stereocenters. The molecule has 3 aromatic heterocycles. The molecule has 7 nitrogen and oxygen atoms in total. The molecule has 138 valence electrons. The van der Waals surface area contributed by atoms with Crippen LogP contribution in [-0.2, 0) is 6.54 Å². The Balaban J connectivity index is 1.40. The molecule has 0 N–H and O–H groups in total. The molecule has 0 aliphatic carbocycles. The summed E-state index contributed by atoms with van der Waals surface area (Å²) in [5, 5.41) is 0. The highest BCUT2D eigenvalue weighted by atomic mass is 16.2. The van der Waals surface area contributed by atoms with Crippen molar-refractivity contribution in [2.75, 3.05) is 26.2 Å². The first-order chi connectivity index (χ1) is 13.1. The lowest BCUT2D eigenvalue weighted by Gasteiger charge is -2.34. The first kappa shape index (κ1) is 17.4. The second-order valence-electron chi connectivity index (χ2n) is 6.77. The van der Waals surface area contributed by atoms with Crippen molar-refractivity contribution in [2.24, 2.45) is 0 Å². The fourth-order valence-corrected chi connectivity index (χ4v) is 3.30. The number of aryl methyl sites for hydroxylation is 1. The lowest BCUT2D eigenvalue weighted by molar-refractivity contribution is 0.0626. The van der Waals surface area contributed by atoms with Gasteiger partial charge in [-0.1, -0.05) is 6.07 Å². The number of rotatable bonds is 3. The average molecular weight is 363 g/mol. The van der Waals surface area contributed by atoms with Gasteiger partial charge in [-0.2, -0.15) is 0 Å². The van der Waals surface area contributed by atoms with Gasteiger partial charge < -0.3 is 4.90 Å². The number of pyridine rings is 2. The summed E-state index contributed by atoms with van der Waals surface area (Å²) in [5.74, 6) is 0.0178. The van der Waals surface area contributed by atoms with Gasteiger partial charge in [-0.3, -0.25) is 23.9 Å². The molecule has 1 fully saturated rings. The van der Waals surface area contributed by atoms with Crippen molar-refractivity contribution in [3.8, 4) is 0 Å². The van der Waals surface area contributed by atoms with Crippen molar-refractivity contribution in [1.82, 2.24) is 24.2 Å². The number of carbonyl (C=O) groups is 1. The molecule has 4 heterocycles. The highest BCUT2D eigenvalue weighted by Gasteiger charge is 2.22. The van der Waals surface area contributed by atoms with Gasteiger partial charge in [-0.25, -0.2) is 4.98 Å². The van der Waals surface area contributed by atoms with Crippen LogP contribution >= 0.6 is 0 Å². The van der Waals surface area contributed by atoms with Gasteiger partial charge in [-0.05, 0) is 31.2 Å². The Hall–Kier alpha value is -3.06. The summed E-state index contributed by atoms with van der Waals surface area (Å²) in [6, 6.07) is 10.8. The van der Waals surface area contributed by atoms with Crippen LogP contribution in [0.1, 0.15) is 21.7 Å². The molecule has 0 aromatic carbocycles. The third-order valence-electron chi connectivity index (χ3n) is 4.83. The molecular formula is C20H21N5O2. The summed E-state index contributed by atoms with van der Waals surface area (Å²) in [6.45, 7) is 5.31. The molecule has 0 spiro atoms. The predicted octanol–water partition coefficient (Wildman–Crippen LogP) is 1.36. The first-order valence-electron chi connectivity index (χ1n) is 9.02. The number of amides is 1. The average Bonchev–Trinajstić information content (AvgIpc) is 2.69. The second kappa shape index (κ2) is 7.28. The maximum Gasteiger partial charge on any atom is 0.258 e. The van der Waals surface area contributed by atoms with Crippen LogP contribution in [0.2, 0.25) is 0 Å². The summed E-state index contributed by atoms with van der Waals surface area (Å²) >= 11 is 0. The zero-order valence-corrected chi connectivity index (χ0v) is 15.2. The van der Waals surface area contributed by atoms with Gasteiger partial charge in [0.2, 0.25) is 0 Å². The van der Waals surface area contributed by atoms with Crippen LogP contribution in [0.5, 0.6) is 0 Å². The van der Waals surface area contributed by atoms with Crippen molar-refractivity contribution in [3.05, 3.63) is 76.1 Å². The molecule has 1 aliphatic heterocycles. The molecule has 1 aliphatic rings. The Morgan fingerprint density at radius 3 is 2.67 bits per heavy atom. The highest BCUT2D eigenvalue weighted by Crippen LogP contribution is 2.11. The lowest BCUT2D eigenvalue weighted by atomic mass is 10.2. The first-order valence-corrected chi connectivity index (χ1v) is 9.02. The molecule has 3 aromatic rings. The molecule has 0 radical (unpaired) electrons. The molecule has 1 amide bonds. The molecule has 4 rings (SSSR count). The monoisotopic (exact) mass is 363 g/mol. The van der Waals surface area contributed by atoms with Crippen molar-refractivity contribution in [1.29, 1.82) is 0 Å². The number of fused-ring (bicyclic) bond motifs is 1. The SMILES string of the molecule is Cc1ccc(C(=O)N2CCN(Cc3cc(=O)n4ccccc4n3)CC2)cn1. The Bertz CT molecular complexity index is 1020. The fourth-order valence-electron chi connectivity index (χ4n) is 3.30. The van der Waals surface area contributed by atoms with E-state index in [9.17, 15) is 9.59 Å². The normalized spacial score (nSPS) is 15.2. The second-order valence-corrected chi connectivity index (χ2v) is 6.77. The van der Waals surface area contributed by atoms with E-state index in [4.69, 9.17) is 0 Å². The molecule has 0 bridgehead atoms. The fraction of sp³-hybridized carbons (Fsp3) is 0.300. The molecule has 7 heteroatoms. The maximum atomic E-state index is 12.6. The van der Waals surface area contributed by atoms with Crippen molar-refractivity contribution in [3.63, 3.8) is 0 Å². The van der Waals surface area contributed by atoms with E-state index in [1.54, 1.807) is 18.5 Å². The Labute approximate surface area is 156 Å². The molecule has 1 saturated heterocycles. The van der Waals surface area contributed by atoms with Gasteiger partial charge in [0.25, 0.3) is 11.5 Å². The van der Waals surface area contributed by atoms with Crippen LogP contribution in [0.25, 0.3) is 5.65 Å². The van der Waals surface area contributed by atoms with Crippen LogP contribution in [0.15, 0.2) is 53.6 Å². The lowest BCUT2D eigenvalue weighted by Crippen LogP contribution is -2.48. The van der Waals surface area contributed by atoms with Gasteiger partial charge in [0, 0.05) is 56.9 Å². The van der Waals surface area contributed by atoms with E-state index in [1.807, 2.05) is 42.2 Å². The number of hydrogen-bond acceptors (Lipinski definition) is 5. The van der Waals surface area contributed by atoms with Gasteiger partial charge in [0.1, 0.15) is 5.65 Å². The largest absolute Gasteiger partial charge is 0.336 e. The number of nitrogens with zero attached hydrogens (tertiary/aromatic N) is 5. The molecule has 0 unspecified atom stereocenters. The number of piperazine rings is 1. The smallest absolute Gasteiger partial charge is 0.258 e. The predicted molar refractivity (Wildman–Crippen MR) is 102 cm³/mol. The highest BCUT2D eigenvalue weighted by molar-refractivity contribution is 5.94. The number of hydrogen-bond donors (Lipinski definition) is 0. The van der Waals surface area contributed by atoms with Crippen LogP contribution in [-0.4, -0.2) is 56.3 Å². The summed E-state index contributed by atoms with van der Waals surface area (Å²) < 4.78 is 1.54. The minimum Gasteiger partial charge on any atom is -0.336 e. The summed E-state index contributed by atoms with van der Waals surface area (Å²) in [7, 11) is 0. The quantitative estimate of drug-likeness (QED) is 0.703. The Morgan fingerprint density at radius 2 is 1.93 bits per heavy atom. The molecule has 27 heavy (non-hydrogen) atoms. The van der Waals surface area contributed by atoms with E-state index in [-0.39, 0.29) is 11.5 Å². The van der Waals surface area contributed by atoms with E-state index in [2.05, 4.69) is 14.9 Å². The third kappa shape index (κ3) is 3.73. The zero-order valence-electron chi connectivity index (χ0n) is 15.2. The van der Waals surface area contributed by atoms with Crippen LogP contribution in [0.3, 0.4) is 0 Å². The van der Waals surface area contributed by atoms with E-state index in [0.717, 1.165) is 24.5 Å². The van der Waals surface area contributed by atoms with E-state index in [0.29, 0.717) is 30.8 Å². The molecule has 0 saturated carbocycles. The molecular weight excluding hydrogens is 342 g/mol. The van der Waals surface area contributed by atoms with Crippen LogP contribution in [0, 0.1) is 6.92 Å². The number of carbonyl (C=O) groups excluding carboxylic acids is 1. The van der Waals surface area contributed by atoms with Crippen molar-refractivity contribution in [2.45, 2.75) is 13.5 Å². The van der Waals surface area contributed by atoms with Crippen molar-refractivity contribution < 1.29 is 4.79 Å². The summed E-state index contributed by atoms with van der Waals surface area (Å²) in [6.07, 6.45) is 3.36. The minimum absolute atomic E-state index is 0.0178. The minimum atomic E-state index is -0.0729. The van der Waals surface area contributed by atoms with Crippen molar-refractivity contribution >= 4 is 11.6 Å². The van der Waals surface area contributed by atoms with Crippen LogP contribution < -0.4 is 5.56 Å².